The Morgan fingerprint density at radius 2 is 1.86 bits per heavy atom. The molecule has 0 fully saturated rings. The van der Waals surface area contributed by atoms with E-state index in [0.717, 1.165) is 31.4 Å². The lowest BCUT2D eigenvalue weighted by molar-refractivity contribution is 0.382. The zero-order valence-electron chi connectivity index (χ0n) is 12.5. The predicted molar refractivity (Wildman–Crippen MR) is 84.8 cm³/mol. The van der Waals surface area contributed by atoms with Crippen molar-refractivity contribution in [2.75, 3.05) is 6.54 Å². The van der Waals surface area contributed by atoms with Crippen LogP contribution in [0.4, 0.5) is 4.39 Å². The molecule has 1 aliphatic rings. The van der Waals surface area contributed by atoms with E-state index >= 15 is 0 Å². The molecule has 2 aromatic carbocycles. The molecular weight excluding hydrogens is 261 g/mol. The Morgan fingerprint density at radius 3 is 2.67 bits per heavy atom. The summed E-state index contributed by atoms with van der Waals surface area (Å²) in [5, 5.41) is 3.65. The van der Waals surface area contributed by atoms with E-state index in [9.17, 15) is 4.39 Å². The van der Waals surface area contributed by atoms with E-state index < -0.39 is 0 Å². The van der Waals surface area contributed by atoms with Crippen molar-refractivity contribution in [1.82, 2.24) is 5.32 Å². The molecule has 0 saturated carbocycles. The predicted octanol–water partition coefficient (Wildman–Crippen LogP) is 4.28. The molecular formula is C19H22FN. The number of fused-ring (bicyclic) bond motifs is 1. The Morgan fingerprint density at radius 1 is 1.10 bits per heavy atom. The third-order valence-corrected chi connectivity index (χ3v) is 4.40. The van der Waals surface area contributed by atoms with Gasteiger partial charge in [-0.2, -0.15) is 0 Å². The van der Waals surface area contributed by atoms with Gasteiger partial charge in [-0.15, -0.1) is 0 Å². The summed E-state index contributed by atoms with van der Waals surface area (Å²) in [5.41, 5.74) is 3.64. The molecule has 110 valence electrons. The van der Waals surface area contributed by atoms with Crippen molar-refractivity contribution in [3.05, 3.63) is 71.0 Å². The lowest BCUT2D eigenvalue weighted by Gasteiger charge is -2.22. The molecule has 1 aliphatic carbocycles. The van der Waals surface area contributed by atoms with E-state index in [4.69, 9.17) is 0 Å². The molecule has 1 N–H and O–H groups in total. The van der Waals surface area contributed by atoms with E-state index in [1.165, 1.54) is 11.1 Å². The Bertz CT molecular complexity index is 608. The molecule has 3 rings (SSSR count). The summed E-state index contributed by atoms with van der Waals surface area (Å²) in [6.07, 6.45) is 2.94. The smallest absolute Gasteiger partial charge is 0.126 e. The first-order valence-corrected chi connectivity index (χ1v) is 7.84. The lowest BCUT2D eigenvalue weighted by atomic mass is 9.92. The van der Waals surface area contributed by atoms with Gasteiger partial charge in [0, 0.05) is 6.04 Å². The van der Waals surface area contributed by atoms with Gasteiger partial charge in [-0.3, -0.25) is 0 Å². The summed E-state index contributed by atoms with van der Waals surface area (Å²) in [6, 6.07) is 16.1. The van der Waals surface area contributed by atoms with Crippen molar-refractivity contribution in [1.29, 1.82) is 0 Å². The third-order valence-electron chi connectivity index (χ3n) is 4.40. The standard InChI is InChI=1S/C19H22FN/c1-2-11-21-19-16(12-14-7-3-5-9-17(14)19)13-15-8-4-6-10-18(15)20/h3-10,16,19,21H,2,11-13H2,1H3. The van der Waals surface area contributed by atoms with E-state index in [1.807, 2.05) is 12.1 Å². The van der Waals surface area contributed by atoms with Gasteiger partial charge >= 0.3 is 0 Å². The van der Waals surface area contributed by atoms with Crippen LogP contribution in [0.3, 0.4) is 0 Å². The second-order valence-corrected chi connectivity index (χ2v) is 5.89. The minimum Gasteiger partial charge on any atom is -0.310 e. The van der Waals surface area contributed by atoms with Crippen LogP contribution in [0.1, 0.15) is 36.1 Å². The Labute approximate surface area is 126 Å². The van der Waals surface area contributed by atoms with Crippen LogP contribution in [-0.2, 0) is 12.8 Å². The number of benzene rings is 2. The summed E-state index contributed by atoms with van der Waals surface area (Å²) < 4.78 is 13.9. The summed E-state index contributed by atoms with van der Waals surface area (Å²) in [7, 11) is 0. The summed E-state index contributed by atoms with van der Waals surface area (Å²) in [6.45, 7) is 3.19. The van der Waals surface area contributed by atoms with E-state index in [0.29, 0.717) is 12.0 Å². The lowest BCUT2D eigenvalue weighted by Crippen LogP contribution is -2.27. The number of hydrogen-bond donors (Lipinski definition) is 1. The average molecular weight is 283 g/mol. The Kier molecular flexibility index (Phi) is 4.35. The third kappa shape index (κ3) is 3.01. The summed E-state index contributed by atoms with van der Waals surface area (Å²) >= 11 is 0. The van der Waals surface area contributed by atoms with Crippen molar-refractivity contribution >= 4 is 0 Å². The summed E-state index contributed by atoms with van der Waals surface area (Å²) in [5.74, 6) is 0.355. The highest BCUT2D eigenvalue weighted by atomic mass is 19.1. The maximum absolute atomic E-state index is 13.9. The van der Waals surface area contributed by atoms with Crippen LogP contribution in [0.25, 0.3) is 0 Å². The Hall–Kier alpha value is -1.67. The van der Waals surface area contributed by atoms with Gasteiger partial charge in [-0.1, -0.05) is 49.4 Å². The van der Waals surface area contributed by atoms with Crippen molar-refractivity contribution in [2.24, 2.45) is 5.92 Å². The van der Waals surface area contributed by atoms with Gasteiger partial charge in [-0.25, -0.2) is 4.39 Å². The molecule has 0 bridgehead atoms. The van der Waals surface area contributed by atoms with Crippen LogP contribution < -0.4 is 5.32 Å². The molecule has 0 spiro atoms. The van der Waals surface area contributed by atoms with Crippen LogP contribution in [-0.4, -0.2) is 6.54 Å². The monoisotopic (exact) mass is 283 g/mol. The molecule has 2 aromatic rings. The first-order valence-electron chi connectivity index (χ1n) is 7.84. The highest BCUT2D eigenvalue weighted by Gasteiger charge is 2.32. The van der Waals surface area contributed by atoms with Crippen LogP contribution >= 0.6 is 0 Å². The van der Waals surface area contributed by atoms with Gasteiger partial charge in [0.25, 0.3) is 0 Å². The number of nitrogens with one attached hydrogen (secondary N) is 1. The molecule has 2 unspecified atom stereocenters. The summed E-state index contributed by atoms with van der Waals surface area (Å²) in [4.78, 5) is 0. The highest BCUT2D eigenvalue weighted by Crippen LogP contribution is 2.38. The Balaban J connectivity index is 1.83. The number of rotatable bonds is 5. The fourth-order valence-corrected chi connectivity index (χ4v) is 3.39. The maximum Gasteiger partial charge on any atom is 0.126 e. The quantitative estimate of drug-likeness (QED) is 0.863. The largest absolute Gasteiger partial charge is 0.310 e. The van der Waals surface area contributed by atoms with Crippen LogP contribution in [0.5, 0.6) is 0 Å². The van der Waals surface area contributed by atoms with Gasteiger partial charge in [-0.05, 0) is 54.5 Å². The molecule has 2 atom stereocenters. The molecule has 0 radical (unpaired) electrons. The van der Waals surface area contributed by atoms with Crippen LogP contribution in [0, 0.1) is 11.7 Å². The van der Waals surface area contributed by atoms with Gasteiger partial charge in [0.2, 0.25) is 0 Å². The molecule has 2 heteroatoms. The molecule has 1 nitrogen and oxygen atoms in total. The molecule has 0 amide bonds. The zero-order valence-corrected chi connectivity index (χ0v) is 12.5. The minimum atomic E-state index is -0.0808. The second-order valence-electron chi connectivity index (χ2n) is 5.89. The van der Waals surface area contributed by atoms with Gasteiger partial charge in [0.05, 0.1) is 0 Å². The maximum atomic E-state index is 13.9. The van der Waals surface area contributed by atoms with Crippen molar-refractivity contribution in [3.63, 3.8) is 0 Å². The number of halogens is 1. The molecule has 0 heterocycles. The van der Waals surface area contributed by atoms with Crippen molar-refractivity contribution in [3.8, 4) is 0 Å². The number of hydrogen-bond acceptors (Lipinski definition) is 1. The molecule has 21 heavy (non-hydrogen) atoms. The van der Waals surface area contributed by atoms with E-state index in [2.05, 4.69) is 36.5 Å². The first kappa shape index (κ1) is 14.3. The van der Waals surface area contributed by atoms with Gasteiger partial charge < -0.3 is 5.32 Å². The molecule has 0 aliphatic heterocycles. The fraction of sp³-hybridized carbons (Fsp3) is 0.368. The van der Waals surface area contributed by atoms with Gasteiger partial charge in [0.15, 0.2) is 0 Å². The van der Waals surface area contributed by atoms with Crippen LogP contribution in [0.15, 0.2) is 48.5 Å². The first-order chi connectivity index (χ1) is 10.3. The van der Waals surface area contributed by atoms with Crippen molar-refractivity contribution in [2.45, 2.75) is 32.2 Å². The zero-order chi connectivity index (χ0) is 14.7. The highest BCUT2D eigenvalue weighted by molar-refractivity contribution is 5.36. The van der Waals surface area contributed by atoms with E-state index in [1.54, 1.807) is 12.1 Å². The fourth-order valence-electron chi connectivity index (χ4n) is 3.39. The second kappa shape index (κ2) is 6.40. The molecule has 0 aromatic heterocycles. The topological polar surface area (TPSA) is 12.0 Å². The average Bonchev–Trinajstić information content (AvgIpc) is 2.85. The van der Waals surface area contributed by atoms with Crippen molar-refractivity contribution < 1.29 is 4.39 Å². The van der Waals surface area contributed by atoms with Gasteiger partial charge in [0.1, 0.15) is 5.82 Å². The molecule has 0 saturated heterocycles. The SMILES string of the molecule is CCCNC1c2ccccc2CC1Cc1ccccc1F. The normalized spacial score (nSPS) is 20.5. The minimum absolute atomic E-state index is 0.0808. The van der Waals surface area contributed by atoms with Crippen LogP contribution in [0.2, 0.25) is 0 Å². The van der Waals surface area contributed by atoms with E-state index in [-0.39, 0.29) is 5.82 Å².